The molecule has 1 aliphatic rings. The smallest absolute Gasteiger partial charge is 0.334 e. The summed E-state index contributed by atoms with van der Waals surface area (Å²) in [6.45, 7) is 4.94. The normalized spacial score (nSPS) is 14.4. The van der Waals surface area contributed by atoms with Crippen molar-refractivity contribution in [3.63, 3.8) is 0 Å². The van der Waals surface area contributed by atoms with Crippen molar-refractivity contribution >= 4 is 23.1 Å². The van der Waals surface area contributed by atoms with Gasteiger partial charge in [0.1, 0.15) is 5.82 Å². The van der Waals surface area contributed by atoms with Crippen LogP contribution in [0.15, 0.2) is 64.2 Å². The number of halogens is 1. The van der Waals surface area contributed by atoms with Gasteiger partial charge in [-0.3, -0.25) is 9.78 Å². The zero-order chi connectivity index (χ0) is 19.7. The molecular formula is C21H21ClN4O2. The topological polar surface area (TPSA) is 61.3 Å². The SMILES string of the molecule is Cc1ccc(Cl)cc1-n1c(=O)cc(N2CCN(c3ccccc3)CC2)[nH]c1=O. The Morgan fingerprint density at radius 3 is 2.25 bits per heavy atom. The van der Waals surface area contributed by atoms with Gasteiger partial charge in [0.15, 0.2) is 0 Å². The standard InChI is InChI=1S/C21H21ClN4O2/c1-15-7-8-16(22)13-18(15)26-20(27)14-19(23-21(26)28)25-11-9-24(10-12-25)17-5-3-2-4-6-17/h2-8,13-14H,9-12H2,1H3,(H,23,28). The molecule has 0 spiro atoms. The highest BCUT2D eigenvalue weighted by molar-refractivity contribution is 6.30. The zero-order valence-electron chi connectivity index (χ0n) is 15.6. The molecule has 7 heteroatoms. The molecule has 1 N–H and O–H groups in total. The van der Waals surface area contributed by atoms with Crippen LogP contribution in [0.1, 0.15) is 5.56 Å². The van der Waals surface area contributed by atoms with Gasteiger partial charge in [-0.1, -0.05) is 35.9 Å². The summed E-state index contributed by atoms with van der Waals surface area (Å²) in [5.41, 5.74) is 1.66. The molecule has 1 aliphatic heterocycles. The van der Waals surface area contributed by atoms with Crippen molar-refractivity contribution in [1.29, 1.82) is 0 Å². The molecule has 2 heterocycles. The first kappa shape index (κ1) is 18.4. The van der Waals surface area contributed by atoms with Crippen LogP contribution >= 0.6 is 11.6 Å². The van der Waals surface area contributed by atoms with Gasteiger partial charge in [0.2, 0.25) is 0 Å². The third-order valence-electron chi connectivity index (χ3n) is 5.07. The third kappa shape index (κ3) is 3.55. The van der Waals surface area contributed by atoms with Gasteiger partial charge in [0.25, 0.3) is 5.56 Å². The molecule has 0 aliphatic carbocycles. The summed E-state index contributed by atoms with van der Waals surface area (Å²) in [5, 5.41) is 0.480. The van der Waals surface area contributed by atoms with Crippen LogP contribution in [0.4, 0.5) is 11.5 Å². The van der Waals surface area contributed by atoms with Crippen LogP contribution in [-0.4, -0.2) is 35.7 Å². The number of rotatable bonds is 3. The molecule has 1 fully saturated rings. The van der Waals surface area contributed by atoms with E-state index >= 15 is 0 Å². The molecule has 1 saturated heterocycles. The first-order chi connectivity index (χ1) is 13.5. The van der Waals surface area contributed by atoms with Crippen molar-refractivity contribution in [2.45, 2.75) is 6.92 Å². The predicted molar refractivity (Wildman–Crippen MR) is 113 cm³/mol. The summed E-state index contributed by atoms with van der Waals surface area (Å²) >= 11 is 6.05. The Bertz CT molecular complexity index is 1070. The fourth-order valence-corrected chi connectivity index (χ4v) is 3.72. The number of piperazine rings is 1. The van der Waals surface area contributed by atoms with Crippen LogP contribution in [0.2, 0.25) is 5.02 Å². The van der Waals surface area contributed by atoms with E-state index in [-0.39, 0.29) is 5.56 Å². The van der Waals surface area contributed by atoms with Crippen LogP contribution in [0.25, 0.3) is 5.69 Å². The van der Waals surface area contributed by atoms with Gasteiger partial charge in [0, 0.05) is 43.0 Å². The van der Waals surface area contributed by atoms with E-state index in [2.05, 4.69) is 22.0 Å². The van der Waals surface area contributed by atoms with Gasteiger partial charge in [-0.15, -0.1) is 0 Å². The van der Waals surface area contributed by atoms with Crippen molar-refractivity contribution in [2.75, 3.05) is 36.0 Å². The second-order valence-corrected chi connectivity index (χ2v) is 7.31. The van der Waals surface area contributed by atoms with Gasteiger partial charge in [-0.2, -0.15) is 0 Å². The van der Waals surface area contributed by atoms with Gasteiger partial charge >= 0.3 is 5.69 Å². The lowest BCUT2D eigenvalue weighted by molar-refractivity contribution is 0.643. The Kier molecular flexibility index (Phi) is 4.96. The van der Waals surface area contributed by atoms with Crippen LogP contribution in [0.3, 0.4) is 0 Å². The lowest BCUT2D eigenvalue weighted by Gasteiger charge is -2.36. The van der Waals surface area contributed by atoms with Gasteiger partial charge in [-0.05, 0) is 36.8 Å². The first-order valence-electron chi connectivity index (χ1n) is 9.21. The van der Waals surface area contributed by atoms with Crippen LogP contribution < -0.4 is 21.0 Å². The largest absolute Gasteiger partial charge is 0.368 e. The highest BCUT2D eigenvalue weighted by Crippen LogP contribution is 2.19. The van der Waals surface area contributed by atoms with Crippen molar-refractivity contribution in [1.82, 2.24) is 9.55 Å². The molecule has 0 saturated carbocycles. The van der Waals surface area contributed by atoms with Crippen molar-refractivity contribution in [3.8, 4) is 5.69 Å². The first-order valence-corrected chi connectivity index (χ1v) is 9.58. The molecule has 0 bridgehead atoms. The number of nitrogens with one attached hydrogen (secondary N) is 1. The monoisotopic (exact) mass is 396 g/mol. The molecule has 4 rings (SSSR count). The number of aromatic nitrogens is 2. The van der Waals surface area contributed by atoms with E-state index in [4.69, 9.17) is 11.6 Å². The average Bonchev–Trinajstić information content (AvgIpc) is 2.71. The minimum atomic E-state index is -0.460. The third-order valence-corrected chi connectivity index (χ3v) is 5.31. The van der Waals surface area contributed by atoms with Gasteiger partial charge in [-0.25, -0.2) is 9.36 Å². The number of hydrogen-bond acceptors (Lipinski definition) is 4. The molecule has 28 heavy (non-hydrogen) atoms. The minimum absolute atomic E-state index is 0.366. The molecule has 6 nitrogen and oxygen atoms in total. The molecule has 0 amide bonds. The maximum absolute atomic E-state index is 12.7. The Morgan fingerprint density at radius 2 is 1.57 bits per heavy atom. The molecule has 3 aromatic rings. The molecule has 2 aromatic carbocycles. The second kappa shape index (κ2) is 7.56. The van der Waals surface area contributed by atoms with Crippen molar-refractivity contribution in [3.05, 3.63) is 86.0 Å². The molecule has 1 aromatic heterocycles. The number of aromatic amines is 1. The molecular weight excluding hydrogens is 376 g/mol. The quantitative estimate of drug-likeness (QED) is 0.739. The Balaban J connectivity index is 1.59. The lowest BCUT2D eigenvalue weighted by Crippen LogP contribution is -2.48. The summed E-state index contributed by atoms with van der Waals surface area (Å²) < 4.78 is 1.13. The maximum atomic E-state index is 12.7. The predicted octanol–water partition coefficient (Wildman–Crippen LogP) is 2.81. The van der Waals surface area contributed by atoms with E-state index in [1.165, 1.54) is 11.8 Å². The fraction of sp³-hybridized carbons (Fsp3) is 0.238. The highest BCUT2D eigenvalue weighted by atomic mass is 35.5. The Labute approximate surface area is 167 Å². The summed E-state index contributed by atoms with van der Waals surface area (Å²) in [7, 11) is 0. The molecule has 0 unspecified atom stereocenters. The number of anilines is 2. The number of H-pyrrole nitrogens is 1. The fourth-order valence-electron chi connectivity index (χ4n) is 3.55. The number of hydrogen-bond donors (Lipinski definition) is 1. The summed E-state index contributed by atoms with van der Waals surface area (Å²) in [6.07, 6.45) is 0. The summed E-state index contributed by atoms with van der Waals surface area (Å²) in [4.78, 5) is 32.6. The zero-order valence-corrected chi connectivity index (χ0v) is 16.3. The maximum Gasteiger partial charge on any atom is 0.334 e. The number of nitrogens with zero attached hydrogens (tertiary/aromatic N) is 3. The van der Waals surface area contributed by atoms with Gasteiger partial charge < -0.3 is 9.80 Å². The van der Waals surface area contributed by atoms with E-state index in [1.54, 1.807) is 18.2 Å². The summed E-state index contributed by atoms with van der Waals surface area (Å²) in [5.74, 6) is 0.554. The summed E-state index contributed by atoms with van der Waals surface area (Å²) in [6, 6.07) is 16.9. The van der Waals surface area contributed by atoms with Gasteiger partial charge in [0.05, 0.1) is 5.69 Å². The van der Waals surface area contributed by atoms with E-state index in [9.17, 15) is 9.59 Å². The van der Waals surface area contributed by atoms with E-state index in [0.717, 1.165) is 36.3 Å². The number of para-hydroxylation sites is 1. The van der Waals surface area contributed by atoms with Crippen LogP contribution in [0.5, 0.6) is 0 Å². The minimum Gasteiger partial charge on any atom is -0.368 e. The Hall–Kier alpha value is -2.99. The molecule has 0 atom stereocenters. The Morgan fingerprint density at radius 1 is 0.893 bits per heavy atom. The van der Waals surface area contributed by atoms with Crippen LogP contribution in [0, 0.1) is 6.92 Å². The highest BCUT2D eigenvalue weighted by Gasteiger charge is 2.19. The average molecular weight is 397 g/mol. The van der Waals surface area contributed by atoms with E-state index in [0.29, 0.717) is 16.5 Å². The van der Waals surface area contributed by atoms with Crippen LogP contribution in [-0.2, 0) is 0 Å². The van der Waals surface area contributed by atoms with Crippen molar-refractivity contribution in [2.24, 2.45) is 0 Å². The second-order valence-electron chi connectivity index (χ2n) is 6.87. The van der Waals surface area contributed by atoms with E-state index in [1.807, 2.05) is 30.0 Å². The number of benzene rings is 2. The molecule has 144 valence electrons. The van der Waals surface area contributed by atoms with E-state index < -0.39 is 5.69 Å². The lowest BCUT2D eigenvalue weighted by atomic mass is 10.2. The van der Waals surface area contributed by atoms with Crippen molar-refractivity contribution < 1.29 is 0 Å². The number of aryl methyl sites for hydroxylation is 1. The molecule has 0 radical (unpaired) electrons.